The van der Waals surface area contributed by atoms with Crippen molar-refractivity contribution in [2.24, 2.45) is 5.10 Å². The highest BCUT2D eigenvalue weighted by Gasteiger charge is 2.07. The van der Waals surface area contributed by atoms with E-state index >= 15 is 0 Å². The lowest BCUT2D eigenvalue weighted by atomic mass is 10.1. The fraction of sp³-hybridized carbons (Fsp3) is 0.0667. The van der Waals surface area contributed by atoms with Crippen molar-refractivity contribution in [2.75, 3.05) is 0 Å². The molecule has 0 aromatic heterocycles. The Labute approximate surface area is 127 Å². The van der Waals surface area contributed by atoms with Crippen molar-refractivity contribution >= 4 is 34.8 Å². The molecule has 20 heavy (non-hydrogen) atoms. The van der Waals surface area contributed by atoms with Crippen LogP contribution in [0.4, 0.5) is 0 Å². The fourth-order valence-electron chi connectivity index (χ4n) is 1.62. The summed E-state index contributed by atoms with van der Waals surface area (Å²) in [6, 6.07) is 14.0. The molecule has 2 aromatic rings. The average molecular weight is 307 g/mol. The fourth-order valence-corrected chi connectivity index (χ4v) is 2.05. The van der Waals surface area contributed by atoms with Gasteiger partial charge in [0.1, 0.15) is 0 Å². The third-order valence-electron chi connectivity index (χ3n) is 2.68. The summed E-state index contributed by atoms with van der Waals surface area (Å²) in [4.78, 5) is 11.9. The number of carbonyl (C=O) groups is 1. The first kappa shape index (κ1) is 14.6. The molecule has 0 atom stereocenters. The lowest BCUT2D eigenvalue weighted by molar-refractivity contribution is 0.0955. The Morgan fingerprint density at radius 3 is 2.50 bits per heavy atom. The van der Waals surface area contributed by atoms with Crippen LogP contribution >= 0.6 is 23.2 Å². The molecule has 1 amide bonds. The maximum absolute atomic E-state index is 11.9. The van der Waals surface area contributed by atoms with E-state index in [1.54, 1.807) is 49.4 Å². The van der Waals surface area contributed by atoms with Gasteiger partial charge in [-0.2, -0.15) is 5.10 Å². The van der Waals surface area contributed by atoms with Gasteiger partial charge in [0.05, 0.1) is 5.71 Å². The molecular weight excluding hydrogens is 295 g/mol. The lowest BCUT2D eigenvalue weighted by Gasteiger charge is -2.05. The minimum Gasteiger partial charge on any atom is -0.267 e. The van der Waals surface area contributed by atoms with E-state index < -0.39 is 0 Å². The van der Waals surface area contributed by atoms with Gasteiger partial charge in [-0.15, -0.1) is 0 Å². The number of nitrogens with one attached hydrogen (secondary N) is 1. The van der Waals surface area contributed by atoms with E-state index in [1.165, 1.54) is 0 Å². The van der Waals surface area contributed by atoms with Crippen molar-refractivity contribution in [3.63, 3.8) is 0 Å². The number of hydrogen-bond acceptors (Lipinski definition) is 2. The van der Waals surface area contributed by atoms with E-state index in [-0.39, 0.29) is 5.91 Å². The zero-order valence-corrected chi connectivity index (χ0v) is 12.2. The van der Waals surface area contributed by atoms with Gasteiger partial charge in [0.15, 0.2) is 0 Å². The molecule has 0 saturated carbocycles. The molecule has 5 heteroatoms. The van der Waals surface area contributed by atoms with E-state index in [0.717, 1.165) is 0 Å². The second-order valence-electron chi connectivity index (χ2n) is 4.13. The van der Waals surface area contributed by atoms with Gasteiger partial charge in [0.2, 0.25) is 0 Å². The summed E-state index contributed by atoms with van der Waals surface area (Å²) in [6.07, 6.45) is 0. The number of halogens is 2. The van der Waals surface area contributed by atoms with Crippen molar-refractivity contribution in [3.05, 3.63) is 69.7 Å². The molecule has 3 nitrogen and oxygen atoms in total. The van der Waals surface area contributed by atoms with Gasteiger partial charge >= 0.3 is 0 Å². The molecule has 0 spiro atoms. The van der Waals surface area contributed by atoms with Crippen molar-refractivity contribution in [1.82, 2.24) is 5.43 Å². The molecule has 102 valence electrons. The molecule has 0 saturated heterocycles. The van der Waals surface area contributed by atoms with Gasteiger partial charge in [-0.25, -0.2) is 5.43 Å². The van der Waals surface area contributed by atoms with Crippen molar-refractivity contribution in [2.45, 2.75) is 6.92 Å². The molecular formula is C15H12Cl2N2O. The van der Waals surface area contributed by atoms with Crippen LogP contribution in [0.15, 0.2) is 53.6 Å². The summed E-state index contributed by atoms with van der Waals surface area (Å²) in [7, 11) is 0. The van der Waals surface area contributed by atoms with Gasteiger partial charge in [0, 0.05) is 21.2 Å². The minimum atomic E-state index is -0.275. The van der Waals surface area contributed by atoms with Crippen molar-refractivity contribution in [3.8, 4) is 0 Å². The summed E-state index contributed by atoms with van der Waals surface area (Å²) < 4.78 is 0. The molecule has 2 rings (SSSR count). The Morgan fingerprint density at radius 2 is 1.80 bits per heavy atom. The molecule has 0 radical (unpaired) electrons. The SMILES string of the molecule is C/C(=N/NC(=O)c1ccccc1)c1cc(Cl)ccc1Cl. The molecule has 0 unspecified atom stereocenters. The van der Waals surface area contributed by atoms with Crippen LogP contribution in [-0.2, 0) is 0 Å². The zero-order chi connectivity index (χ0) is 14.5. The Morgan fingerprint density at radius 1 is 1.10 bits per heavy atom. The Balaban J connectivity index is 2.15. The van der Waals surface area contributed by atoms with Crippen LogP contribution in [0.2, 0.25) is 10.0 Å². The topological polar surface area (TPSA) is 41.5 Å². The number of benzene rings is 2. The Kier molecular flexibility index (Phi) is 4.77. The van der Waals surface area contributed by atoms with Crippen LogP contribution < -0.4 is 5.43 Å². The van der Waals surface area contributed by atoms with Crippen LogP contribution in [0, 0.1) is 0 Å². The summed E-state index contributed by atoms with van der Waals surface area (Å²) in [6.45, 7) is 1.75. The van der Waals surface area contributed by atoms with E-state index in [9.17, 15) is 4.79 Å². The van der Waals surface area contributed by atoms with Gasteiger partial charge in [-0.05, 0) is 37.3 Å². The van der Waals surface area contributed by atoms with Crippen LogP contribution in [0.1, 0.15) is 22.8 Å². The number of nitrogens with zero attached hydrogens (tertiary/aromatic N) is 1. The highest BCUT2D eigenvalue weighted by Crippen LogP contribution is 2.21. The highest BCUT2D eigenvalue weighted by molar-refractivity contribution is 6.36. The quantitative estimate of drug-likeness (QED) is 0.672. The number of amides is 1. The number of hydrazone groups is 1. The average Bonchev–Trinajstić information content (AvgIpc) is 2.47. The number of rotatable bonds is 3. The van der Waals surface area contributed by atoms with Crippen LogP contribution in [0.3, 0.4) is 0 Å². The van der Waals surface area contributed by atoms with Crippen molar-refractivity contribution in [1.29, 1.82) is 0 Å². The largest absolute Gasteiger partial charge is 0.271 e. The highest BCUT2D eigenvalue weighted by atomic mass is 35.5. The van der Waals surface area contributed by atoms with E-state index in [4.69, 9.17) is 23.2 Å². The van der Waals surface area contributed by atoms with Gasteiger partial charge in [0.25, 0.3) is 5.91 Å². The first-order valence-corrected chi connectivity index (χ1v) is 6.68. The van der Waals surface area contributed by atoms with E-state index in [2.05, 4.69) is 10.5 Å². The monoisotopic (exact) mass is 306 g/mol. The maximum atomic E-state index is 11.9. The Bertz CT molecular complexity index is 654. The van der Waals surface area contributed by atoms with Gasteiger partial charge in [-0.3, -0.25) is 4.79 Å². The summed E-state index contributed by atoms with van der Waals surface area (Å²) >= 11 is 12.0. The van der Waals surface area contributed by atoms with Crippen LogP contribution in [-0.4, -0.2) is 11.6 Å². The maximum Gasteiger partial charge on any atom is 0.271 e. The molecule has 0 fully saturated rings. The first-order chi connectivity index (χ1) is 9.58. The van der Waals surface area contributed by atoms with Crippen LogP contribution in [0.5, 0.6) is 0 Å². The molecule has 0 aliphatic heterocycles. The predicted molar refractivity (Wildman–Crippen MR) is 82.6 cm³/mol. The first-order valence-electron chi connectivity index (χ1n) is 5.93. The number of carbonyl (C=O) groups excluding carboxylic acids is 1. The molecule has 2 aromatic carbocycles. The van der Waals surface area contributed by atoms with E-state index in [0.29, 0.717) is 26.9 Å². The molecule has 0 aliphatic rings. The second kappa shape index (κ2) is 6.55. The summed E-state index contributed by atoms with van der Waals surface area (Å²) in [5, 5.41) is 5.14. The number of hydrogen-bond donors (Lipinski definition) is 1. The third-order valence-corrected chi connectivity index (χ3v) is 3.24. The molecule has 0 bridgehead atoms. The standard InChI is InChI=1S/C15H12Cl2N2O/c1-10(13-9-12(16)7-8-14(13)17)18-19-15(20)11-5-3-2-4-6-11/h2-9H,1H3,(H,19,20)/b18-10-. The van der Waals surface area contributed by atoms with Crippen LogP contribution in [0.25, 0.3) is 0 Å². The third kappa shape index (κ3) is 3.59. The minimum absolute atomic E-state index is 0.275. The zero-order valence-electron chi connectivity index (χ0n) is 10.7. The molecule has 1 N–H and O–H groups in total. The smallest absolute Gasteiger partial charge is 0.267 e. The predicted octanol–water partition coefficient (Wildman–Crippen LogP) is 4.15. The van der Waals surface area contributed by atoms with E-state index in [1.807, 2.05) is 6.07 Å². The molecule has 0 heterocycles. The van der Waals surface area contributed by atoms with Gasteiger partial charge < -0.3 is 0 Å². The molecule has 0 aliphatic carbocycles. The summed E-state index contributed by atoms with van der Waals surface area (Å²) in [5.41, 5.74) is 4.31. The summed E-state index contributed by atoms with van der Waals surface area (Å²) in [5.74, 6) is -0.275. The second-order valence-corrected chi connectivity index (χ2v) is 4.97. The van der Waals surface area contributed by atoms with Gasteiger partial charge in [-0.1, -0.05) is 41.4 Å². The Hall–Kier alpha value is -1.84. The normalized spacial score (nSPS) is 11.2. The lowest BCUT2D eigenvalue weighted by Crippen LogP contribution is -2.19. The van der Waals surface area contributed by atoms with Crippen molar-refractivity contribution < 1.29 is 4.79 Å².